The fourth-order valence-electron chi connectivity index (χ4n) is 4.41. The van der Waals surface area contributed by atoms with Crippen LogP contribution in [0.25, 0.3) is 12.2 Å². The second-order valence-electron chi connectivity index (χ2n) is 9.29. The molecule has 1 aliphatic heterocycles. The van der Waals surface area contributed by atoms with E-state index >= 15 is 0 Å². The second kappa shape index (κ2) is 13.4. The highest BCUT2D eigenvalue weighted by Crippen LogP contribution is 2.38. The van der Waals surface area contributed by atoms with Crippen LogP contribution >= 0.6 is 0 Å². The topological polar surface area (TPSA) is 106 Å². The lowest BCUT2D eigenvalue weighted by atomic mass is 10.1. The zero-order valence-electron chi connectivity index (χ0n) is 21.9. The van der Waals surface area contributed by atoms with E-state index in [1.807, 2.05) is 71.6 Å². The first-order chi connectivity index (χ1) is 18.9. The molecule has 0 radical (unpaired) electrons. The zero-order valence-corrected chi connectivity index (χ0v) is 21.9. The van der Waals surface area contributed by atoms with Crippen LogP contribution in [-0.4, -0.2) is 55.1 Å². The van der Waals surface area contributed by atoms with E-state index in [4.69, 9.17) is 19.3 Å². The molecule has 2 N–H and O–H groups in total. The SMILES string of the molecule is COc1ccc(CCCOc2ccc(/C=C/c3cccc4c3OC(C(=O)O)CN4CCCC(=O)O)cc2)cc1. The van der Waals surface area contributed by atoms with Crippen LogP contribution in [0.5, 0.6) is 17.2 Å². The van der Waals surface area contributed by atoms with Crippen LogP contribution in [0.1, 0.15) is 36.0 Å². The Morgan fingerprint density at radius 1 is 0.974 bits per heavy atom. The summed E-state index contributed by atoms with van der Waals surface area (Å²) in [6.45, 7) is 1.21. The van der Waals surface area contributed by atoms with E-state index in [0.29, 0.717) is 25.3 Å². The van der Waals surface area contributed by atoms with Crippen LogP contribution in [0.2, 0.25) is 0 Å². The number of para-hydroxylation sites is 1. The number of aliphatic carboxylic acids is 2. The van der Waals surface area contributed by atoms with Gasteiger partial charge in [-0.25, -0.2) is 4.79 Å². The molecule has 0 saturated heterocycles. The Labute approximate surface area is 228 Å². The number of hydrogen-bond acceptors (Lipinski definition) is 6. The van der Waals surface area contributed by atoms with E-state index in [1.54, 1.807) is 7.11 Å². The van der Waals surface area contributed by atoms with Gasteiger partial charge in [0.05, 0.1) is 25.9 Å². The summed E-state index contributed by atoms with van der Waals surface area (Å²) >= 11 is 0. The third-order valence-corrected chi connectivity index (χ3v) is 6.48. The third kappa shape index (κ3) is 7.77. The van der Waals surface area contributed by atoms with E-state index in [1.165, 1.54) is 5.56 Å². The van der Waals surface area contributed by atoms with Gasteiger partial charge in [-0.15, -0.1) is 0 Å². The first-order valence-electron chi connectivity index (χ1n) is 13.0. The van der Waals surface area contributed by atoms with Crippen molar-refractivity contribution >= 4 is 29.8 Å². The van der Waals surface area contributed by atoms with Crippen molar-refractivity contribution in [3.05, 3.63) is 83.4 Å². The first-order valence-corrected chi connectivity index (χ1v) is 13.0. The Balaban J connectivity index is 1.36. The molecule has 1 atom stereocenters. The number of carbonyl (C=O) groups is 2. The Morgan fingerprint density at radius 2 is 1.72 bits per heavy atom. The largest absolute Gasteiger partial charge is 0.497 e. The molecule has 3 aromatic rings. The van der Waals surface area contributed by atoms with Crippen LogP contribution < -0.4 is 19.1 Å². The number of methoxy groups -OCH3 is 1. The minimum atomic E-state index is -1.05. The molecular formula is C31H33NO7. The number of anilines is 1. The average molecular weight is 532 g/mol. The highest BCUT2D eigenvalue weighted by molar-refractivity contribution is 5.81. The predicted molar refractivity (Wildman–Crippen MR) is 150 cm³/mol. The van der Waals surface area contributed by atoms with E-state index in [9.17, 15) is 14.7 Å². The van der Waals surface area contributed by atoms with Crippen LogP contribution in [0.3, 0.4) is 0 Å². The zero-order chi connectivity index (χ0) is 27.6. The molecule has 1 aliphatic rings. The van der Waals surface area contributed by atoms with E-state index < -0.39 is 18.0 Å². The molecule has 1 unspecified atom stereocenters. The summed E-state index contributed by atoms with van der Waals surface area (Å²) in [5.74, 6) is 0.202. The van der Waals surface area contributed by atoms with E-state index in [2.05, 4.69) is 12.1 Å². The molecule has 0 saturated carbocycles. The Hall–Kier alpha value is -4.46. The van der Waals surface area contributed by atoms with E-state index in [0.717, 1.165) is 41.2 Å². The van der Waals surface area contributed by atoms with Crippen molar-refractivity contribution < 1.29 is 34.0 Å². The molecule has 0 aromatic heterocycles. The number of carboxylic acid groups (broad SMARTS) is 2. The van der Waals surface area contributed by atoms with Crippen LogP contribution in [-0.2, 0) is 16.0 Å². The lowest BCUT2D eigenvalue weighted by Crippen LogP contribution is -2.45. The quantitative estimate of drug-likeness (QED) is 0.223. The molecule has 0 aliphatic carbocycles. The molecule has 0 fully saturated rings. The van der Waals surface area contributed by atoms with Gasteiger partial charge in [0.1, 0.15) is 11.5 Å². The minimum absolute atomic E-state index is 0.0202. The maximum absolute atomic E-state index is 11.7. The number of carboxylic acids is 2. The number of benzene rings is 3. The third-order valence-electron chi connectivity index (χ3n) is 6.48. The van der Waals surface area contributed by atoms with Crippen molar-refractivity contribution in [1.29, 1.82) is 0 Å². The lowest BCUT2D eigenvalue weighted by molar-refractivity contribution is -0.145. The highest BCUT2D eigenvalue weighted by atomic mass is 16.5. The van der Waals surface area contributed by atoms with Crippen molar-refractivity contribution in [1.82, 2.24) is 0 Å². The molecule has 1 heterocycles. The van der Waals surface area contributed by atoms with Gasteiger partial charge in [-0.1, -0.05) is 48.6 Å². The predicted octanol–water partition coefficient (Wildman–Crippen LogP) is 5.39. The number of aryl methyl sites for hydroxylation is 1. The average Bonchev–Trinajstić information content (AvgIpc) is 2.94. The van der Waals surface area contributed by atoms with Gasteiger partial charge in [-0.3, -0.25) is 4.79 Å². The Morgan fingerprint density at radius 3 is 2.41 bits per heavy atom. The van der Waals surface area contributed by atoms with Crippen LogP contribution in [0.4, 0.5) is 5.69 Å². The summed E-state index contributed by atoms with van der Waals surface area (Å²) in [5, 5.41) is 18.6. The van der Waals surface area contributed by atoms with Gasteiger partial charge >= 0.3 is 11.9 Å². The summed E-state index contributed by atoms with van der Waals surface area (Å²) in [6.07, 6.45) is 5.06. The molecule has 0 amide bonds. The van der Waals surface area contributed by atoms with Gasteiger partial charge < -0.3 is 29.3 Å². The first kappa shape index (κ1) is 27.6. The van der Waals surface area contributed by atoms with Gasteiger partial charge in [0.25, 0.3) is 0 Å². The number of fused-ring (bicyclic) bond motifs is 1. The monoisotopic (exact) mass is 531 g/mol. The maximum atomic E-state index is 11.7. The Bertz CT molecular complexity index is 1290. The van der Waals surface area contributed by atoms with Crippen molar-refractivity contribution in [2.75, 3.05) is 31.7 Å². The molecular weight excluding hydrogens is 498 g/mol. The summed E-state index contributed by atoms with van der Waals surface area (Å²) in [7, 11) is 1.66. The van der Waals surface area contributed by atoms with Gasteiger partial charge in [0, 0.05) is 18.5 Å². The van der Waals surface area contributed by atoms with Crippen molar-refractivity contribution in [2.45, 2.75) is 31.8 Å². The summed E-state index contributed by atoms with van der Waals surface area (Å²) in [4.78, 5) is 24.5. The van der Waals surface area contributed by atoms with Crippen LogP contribution in [0, 0.1) is 0 Å². The van der Waals surface area contributed by atoms with Gasteiger partial charge in [-0.2, -0.15) is 0 Å². The smallest absolute Gasteiger partial charge is 0.346 e. The molecule has 8 heteroatoms. The second-order valence-corrected chi connectivity index (χ2v) is 9.29. The molecule has 3 aromatic carbocycles. The summed E-state index contributed by atoms with van der Waals surface area (Å²) in [6, 6.07) is 21.4. The van der Waals surface area contributed by atoms with Gasteiger partial charge in [-0.05, 0) is 60.7 Å². The minimum Gasteiger partial charge on any atom is -0.497 e. The normalized spacial score (nSPS) is 14.5. The van der Waals surface area contributed by atoms with Crippen molar-refractivity contribution in [3.63, 3.8) is 0 Å². The highest BCUT2D eigenvalue weighted by Gasteiger charge is 2.31. The maximum Gasteiger partial charge on any atom is 0.346 e. The molecule has 0 bridgehead atoms. The molecule has 204 valence electrons. The van der Waals surface area contributed by atoms with Crippen molar-refractivity contribution in [3.8, 4) is 17.2 Å². The van der Waals surface area contributed by atoms with Crippen molar-refractivity contribution in [2.24, 2.45) is 0 Å². The summed E-state index contributed by atoms with van der Waals surface area (Å²) < 4.78 is 16.9. The number of nitrogens with zero attached hydrogens (tertiary/aromatic N) is 1. The number of hydrogen-bond donors (Lipinski definition) is 2. The van der Waals surface area contributed by atoms with Gasteiger partial charge in [0.15, 0.2) is 5.75 Å². The molecule has 0 spiro atoms. The number of ether oxygens (including phenoxy) is 3. The molecule has 39 heavy (non-hydrogen) atoms. The van der Waals surface area contributed by atoms with Gasteiger partial charge in [0.2, 0.25) is 6.10 Å². The lowest BCUT2D eigenvalue weighted by Gasteiger charge is -2.35. The Kier molecular flexibility index (Phi) is 9.45. The van der Waals surface area contributed by atoms with Crippen LogP contribution in [0.15, 0.2) is 66.7 Å². The molecule has 8 nitrogen and oxygen atoms in total. The molecule has 4 rings (SSSR count). The standard InChI is InChI=1S/C31H33NO7/c1-37-25-15-10-22(11-16-25)5-4-20-38-26-17-12-23(13-18-26)9-14-24-6-2-7-27-30(24)39-28(31(35)36)21-32(27)19-3-8-29(33)34/h2,6-7,9-18,28H,3-5,8,19-21H2,1H3,(H,33,34)(H,35,36)/b14-9+. The fourth-order valence-corrected chi connectivity index (χ4v) is 4.41. The number of rotatable bonds is 13. The summed E-state index contributed by atoms with van der Waals surface area (Å²) in [5.41, 5.74) is 3.71. The van der Waals surface area contributed by atoms with E-state index in [-0.39, 0.29) is 13.0 Å². The fraction of sp³-hybridized carbons (Fsp3) is 0.290.